The van der Waals surface area contributed by atoms with Crippen LogP contribution in [0.15, 0.2) is 41.1 Å². The predicted octanol–water partition coefficient (Wildman–Crippen LogP) is 3.74. The minimum Gasteiger partial charge on any atom is -0.450 e. The maximum Gasteiger partial charge on any atom is 0.407 e. The zero-order valence-electron chi connectivity index (χ0n) is 13.9. The number of sulfone groups is 1. The molecule has 0 aromatic heterocycles. The van der Waals surface area contributed by atoms with Gasteiger partial charge < -0.3 is 10.1 Å². The van der Waals surface area contributed by atoms with Gasteiger partial charge in [-0.2, -0.15) is 8.78 Å². The van der Waals surface area contributed by atoms with Crippen LogP contribution in [0, 0.1) is 6.92 Å². The van der Waals surface area contributed by atoms with Gasteiger partial charge >= 0.3 is 11.3 Å². The highest BCUT2D eigenvalue weighted by Gasteiger charge is 2.51. The van der Waals surface area contributed by atoms with Crippen LogP contribution >= 0.6 is 0 Å². The number of aryl methyl sites for hydroxylation is 1. The monoisotopic (exact) mass is 379 g/mol. The first-order valence-electron chi connectivity index (χ1n) is 7.59. The molecule has 0 aliphatic carbocycles. The third-order valence-corrected chi connectivity index (χ3v) is 5.16. The third kappa shape index (κ3) is 5.22. The number of alkyl carbamates (subject to hydrolysis) is 1. The summed E-state index contributed by atoms with van der Waals surface area (Å²) in [5.74, 6) is -2.16. The molecule has 0 heterocycles. The Hall–Kier alpha value is -2.03. The van der Waals surface area contributed by atoms with Gasteiger partial charge in [0.15, 0.2) is 5.83 Å². The molecule has 25 heavy (non-hydrogen) atoms. The molecule has 0 radical (unpaired) electrons. The zero-order valence-corrected chi connectivity index (χ0v) is 14.7. The van der Waals surface area contributed by atoms with Crippen molar-refractivity contribution in [2.24, 2.45) is 0 Å². The Bertz CT molecular complexity index is 733. The van der Waals surface area contributed by atoms with Crippen LogP contribution < -0.4 is 5.32 Å². The maximum absolute atomic E-state index is 14.1. The van der Waals surface area contributed by atoms with Gasteiger partial charge in [-0.25, -0.2) is 17.6 Å². The van der Waals surface area contributed by atoms with Gasteiger partial charge in [-0.15, -0.1) is 0 Å². The van der Waals surface area contributed by atoms with Crippen LogP contribution in [0.3, 0.4) is 0 Å². The summed E-state index contributed by atoms with van der Waals surface area (Å²) in [5.41, 5.74) is 0.0765. The molecule has 0 saturated heterocycles. The first kappa shape index (κ1) is 21.0. The van der Waals surface area contributed by atoms with Gasteiger partial charge in [0.05, 0.1) is 11.5 Å². The van der Waals surface area contributed by atoms with Gasteiger partial charge in [-0.05, 0) is 31.1 Å². The van der Waals surface area contributed by atoms with E-state index in [9.17, 15) is 26.4 Å². The number of carbonyl (C=O) groups excluding carboxylic acids is 1. The molecule has 0 fully saturated rings. The third-order valence-electron chi connectivity index (χ3n) is 3.26. The summed E-state index contributed by atoms with van der Waals surface area (Å²) in [6.45, 7) is 2.73. The second-order valence-corrected chi connectivity index (χ2v) is 7.17. The largest absolute Gasteiger partial charge is 0.450 e. The average molecular weight is 379 g/mol. The number of ether oxygens (including phenoxy) is 1. The second kappa shape index (κ2) is 8.89. The fourth-order valence-corrected chi connectivity index (χ4v) is 3.19. The van der Waals surface area contributed by atoms with Crippen LogP contribution in [0.5, 0.6) is 0 Å². The van der Waals surface area contributed by atoms with E-state index >= 15 is 0 Å². The highest BCUT2D eigenvalue weighted by molar-refractivity contribution is 7.92. The molecule has 1 amide bonds. The quantitative estimate of drug-likeness (QED) is 0.699. The lowest BCUT2D eigenvalue weighted by Crippen LogP contribution is -2.31. The van der Waals surface area contributed by atoms with Gasteiger partial charge in [-0.1, -0.05) is 31.5 Å². The van der Waals surface area contributed by atoms with E-state index in [2.05, 4.69) is 0 Å². The lowest BCUT2D eigenvalue weighted by atomic mass is 10.2. The zero-order chi connectivity index (χ0) is 19.1. The van der Waals surface area contributed by atoms with Crippen molar-refractivity contribution in [1.82, 2.24) is 5.32 Å². The van der Waals surface area contributed by atoms with Gasteiger partial charge in [0, 0.05) is 6.54 Å². The van der Waals surface area contributed by atoms with Crippen molar-refractivity contribution in [3.05, 3.63) is 41.7 Å². The highest BCUT2D eigenvalue weighted by Crippen LogP contribution is 2.37. The van der Waals surface area contributed by atoms with Gasteiger partial charge in [0.1, 0.15) is 0 Å². The van der Waals surface area contributed by atoms with E-state index in [0.29, 0.717) is 12.5 Å². The fourth-order valence-electron chi connectivity index (χ4n) is 1.83. The predicted molar refractivity (Wildman–Crippen MR) is 86.8 cm³/mol. The van der Waals surface area contributed by atoms with E-state index in [1.807, 2.05) is 12.2 Å². The van der Waals surface area contributed by atoms with Crippen LogP contribution in [0.4, 0.5) is 18.0 Å². The van der Waals surface area contributed by atoms with Crippen molar-refractivity contribution in [2.75, 3.05) is 13.2 Å². The number of amides is 1. The number of unbranched alkanes of at least 4 members (excludes halogenated alkanes) is 1. The summed E-state index contributed by atoms with van der Waals surface area (Å²) < 4.78 is 70.7. The van der Waals surface area contributed by atoms with Crippen molar-refractivity contribution in [2.45, 2.75) is 36.8 Å². The molecule has 1 aromatic carbocycles. The summed E-state index contributed by atoms with van der Waals surface area (Å²) in [4.78, 5) is 10.6. The molecule has 1 aromatic rings. The second-order valence-electron chi connectivity index (χ2n) is 5.21. The SMILES string of the molecule is CCCCOC(=O)NC/C=C(\F)C(F)(F)S(=O)(=O)c1ccccc1C. The average Bonchev–Trinajstić information content (AvgIpc) is 2.55. The van der Waals surface area contributed by atoms with Crippen LogP contribution in [0.1, 0.15) is 25.3 Å². The molecule has 9 heteroatoms. The number of benzene rings is 1. The summed E-state index contributed by atoms with van der Waals surface area (Å²) in [6.07, 6.45) is 0.828. The molecule has 0 atom stereocenters. The summed E-state index contributed by atoms with van der Waals surface area (Å²) in [5, 5.41) is -2.70. The Morgan fingerprint density at radius 3 is 2.56 bits per heavy atom. The first-order valence-corrected chi connectivity index (χ1v) is 9.07. The van der Waals surface area contributed by atoms with Crippen molar-refractivity contribution < 1.29 is 31.1 Å². The molecular weight excluding hydrogens is 359 g/mol. The summed E-state index contributed by atoms with van der Waals surface area (Å²) in [7, 11) is -5.26. The molecule has 0 spiro atoms. The molecule has 0 aliphatic rings. The normalized spacial score (nSPS) is 12.8. The van der Waals surface area contributed by atoms with Crippen LogP contribution in [0.25, 0.3) is 0 Å². The lowest BCUT2D eigenvalue weighted by Gasteiger charge is -2.16. The van der Waals surface area contributed by atoms with E-state index in [4.69, 9.17) is 4.74 Å². The van der Waals surface area contributed by atoms with Crippen LogP contribution in [-0.4, -0.2) is 32.9 Å². The number of hydrogen-bond acceptors (Lipinski definition) is 4. The van der Waals surface area contributed by atoms with E-state index in [1.165, 1.54) is 25.1 Å². The van der Waals surface area contributed by atoms with E-state index in [0.717, 1.165) is 12.5 Å². The van der Waals surface area contributed by atoms with Crippen molar-refractivity contribution in [1.29, 1.82) is 0 Å². The van der Waals surface area contributed by atoms with Crippen molar-refractivity contribution >= 4 is 15.9 Å². The highest BCUT2D eigenvalue weighted by atomic mass is 32.2. The summed E-state index contributed by atoms with van der Waals surface area (Å²) >= 11 is 0. The number of alkyl halides is 2. The maximum atomic E-state index is 14.1. The number of rotatable bonds is 8. The molecule has 1 rings (SSSR count). The number of carbonyl (C=O) groups is 1. The topological polar surface area (TPSA) is 72.5 Å². The van der Waals surface area contributed by atoms with E-state index < -0.39 is 38.5 Å². The molecular formula is C16H20F3NO4S. The van der Waals surface area contributed by atoms with Crippen LogP contribution in [0.2, 0.25) is 0 Å². The standard InChI is InChI=1S/C16H20F3NO4S/c1-3-4-11-24-15(21)20-10-9-14(17)16(18,19)25(22,23)13-8-6-5-7-12(13)2/h5-9H,3-4,10-11H2,1-2H3,(H,20,21)/b14-9-. The Kier molecular flexibility index (Phi) is 7.47. The van der Waals surface area contributed by atoms with E-state index in [1.54, 1.807) is 0 Å². The minimum atomic E-state index is -5.26. The molecule has 5 nitrogen and oxygen atoms in total. The van der Waals surface area contributed by atoms with Gasteiger partial charge in [0.25, 0.3) is 9.84 Å². The minimum absolute atomic E-state index is 0.0765. The van der Waals surface area contributed by atoms with Gasteiger partial charge in [0.2, 0.25) is 0 Å². The Morgan fingerprint density at radius 1 is 1.32 bits per heavy atom. The summed E-state index contributed by atoms with van der Waals surface area (Å²) in [6, 6.07) is 5.06. The van der Waals surface area contributed by atoms with Crippen molar-refractivity contribution in [3.63, 3.8) is 0 Å². The number of nitrogens with one attached hydrogen (secondary N) is 1. The molecule has 140 valence electrons. The van der Waals surface area contributed by atoms with E-state index in [-0.39, 0.29) is 12.2 Å². The molecule has 0 saturated carbocycles. The number of halogens is 3. The molecule has 0 aliphatic heterocycles. The first-order chi connectivity index (χ1) is 11.6. The fraction of sp³-hybridized carbons (Fsp3) is 0.438. The Labute approximate surface area is 144 Å². The van der Waals surface area contributed by atoms with Crippen LogP contribution in [-0.2, 0) is 14.6 Å². The smallest absolute Gasteiger partial charge is 0.407 e. The molecule has 1 N–H and O–H groups in total. The van der Waals surface area contributed by atoms with Gasteiger partial charge in [-0.3, -0.25) is 0 Å². The van der Waals surface area contributed by atoms with Crippen molar-refractivity contribution in [3.8, 4) is 0 Å². The molecule has 0 bridgehead atoms. The molecule has 0 unspecified atom stereocenters. The number of hydrogen-bond donors (Lipinski definition) is 1. The Balaban J connectivity index is 2.83. The Morgan fingerprint density at radius 2 is 1.96 bits per heavy atom. The lowest BCUT2D eigenvalue weighted by molar-refractivity contribution is 0.105.